The minimum absolute atomic E-state index is 0.0132. The molecule has 1 saturated carbocycles. The average molecular weight is 313 g/mol. The number of sulfonamides is 1. The van der Waals surface area contributed by atoms with Crippen LogP contribution in [0.15, 0.2) is 17.0 Å². The van der Waals surface area contributed by atoms with Gasteiger partial charge in [-0.2, -0.15) is 0 Å². The molecule has 1 aromatic carbocycles. The highest BCUT2D eigenvalue weighted by Crippen LogP contribution is 2.39. The largest absolute Gasteiger partial charge is 0.393 e. The van der Waals surface area contributed by atoms with Crippen LogP contribution in [0.2, 0.25) is 0 Å². The summed E-state index contributed by atoms with van der Waals surface area (Å²) in [7, 11) is -3.78. The number of nitro benzene ring substituents is 1. The second-order valence-electron chi connectivity index (χ2n) is 5.92. The third-order valence-electron chi connectivity index (χ3n) is 4.06. The standard InChI is InChI=1S/C13H19N3O4S/c1-9-6-10(14)11(16(17)18)7-12(9)21(19,20)15-8-13(2)4-3-5-13/h6-7,15H,3-5,8,14H2,1-2H3. The van der Waals surface area contributed by atoms with E-state index in [4.69, 9.17) is 5.73 Å². The van der Waals surface area contributed by atoms with Gasteiger partial charge in [0.1, 0.15) is 5.69 Å². The molecule has 116 valence electrons. The van der Waals surface area contributed by atoms with Crippen LogP contribution in [0.5, 0.6) is 0 Å². The molecule has 0 amide bonds. The van der Waals surface area contributed by atoms with Gasteiger partial charge in [0, 0.05) is 12.6 Å². The molecule has 0 atom stereocenters. The van der Waals surface area contributed by atoms with Crippen molar-refractivity contribution in [1.29, 1.82) is 0 Å². The van der Waals surface area contributed by atoms with E-state index in [1.54, 1.807) is 6.92 Å². The molecule has 1 aliphatic carbocycles. The summed E-state index contributed by atoms with van der Waals surface area (Å²) in [5.41, 5.74) is 5.50. The fourth-order valence-electron chi connectivity index (χ4n) is 2.45. The molecular weight excluding hydrogens is 294 g/mol. The van der Waals surface area contributed by atoms with Crippen LogP contribution in [0.25, 0.3) is 0 Å². The molecule has 0 aliphatic heterocycles. The van der Waals surface area contributed by atoms with E-state index in [1.165, 1.54) is 6.07 Å². The maximum absolute atomic E-state index is 12.4. The summed E-state index contributed by atoms with van der Waals surface area (Å²) in [5.74, 6) is 0. The number of nitrogens with two attached hydrogens (primary N) is 1. The Morgan fingerprint density at radius 3 is 2.52 bits per heavy atom. The van der Waals surface area contributed by atoms with Crippen LogP contribution in [0.3, 0.4) is 0 Å². The molecule has 0 heterocycles. The third kappa shape index (κ3) is 3.16. The molecule has 21 heavy (non-hydrogen) atoms. The summed E-state index contributed by atoms with van der Waals surface area (Å²) in [5, 5.41) is 10.9. The van der Waals surface area contributed by atoms with Gasteiger partial charge in [-0.25, -0.2) is 13.1 Å². The van der Waals surface area contributed by atoms with Gasteiger partial charge in [0.2, 0.25) is 10.0 Å². The maximum atomic E-state index is 12.4. The van der Waals surface area contributed by atoms with Crippen molar-refractivity contribution >= 4 is 21.4 Å². The molecule has 0 bridgehead atoms. The van der Waals surface area contributed by atoms with Crippen LogP contribution < -0.4 is 10.5 Å². The summed E-state index contributed by atoms with van der Waals surface area (Å²) in [4.78, 5) is 10.1. The van der Waals surface area contributed by atoms with Crippen molar-refractivity contribution in [2.24, 2.45) is 5.41 Å². The van der Waals surface area contributed by atoms with Gasteiger partial charge in [0.25, 0.3) is 5.69 Å². The van der Waals surface area contributed by atoms with Gasteiger partial charge in [0.15, 0.2) is 0 Å². The topological polar surface area (TPSA) is 115 Å². The molecule has 8 heteroatoms. The molecule has 7 nitrogen and oxygen atoms in total. The molecule has 0 aromatic heterocycles. The molecule has 3 N–H and O–H groups in total. The summed E-state index contributed by atoms with van der Waals surface area (Å²) < 4.78 is 27.3. The first-order chi connectivity index (χ1) is 9.65. The molecule has 2 rings (SSSR count). The number of nitrogens with zero attached hydrogens (tertiary/aromatic N) is 1. The van der Waals surface area contributed by atoms with Crippen molar-refractivity contribution in [3.05, 3.63) is 27.8 Å². The Morgan fingerprint density at radius 2 is 2.05 bits per heavy atom. The SMILES string of the molecule is Cc1cc(N)c([N+](=O)[O-])cc1S(=O)(=O)NCC1(C)CCC1. The van der Waals surface area contributed by atoms with Gasteiger partial charge in [0.05, 0.1) is 9.82 Å². The number of nitro groups is 1. The second kappa shape index (κ2) is 5.27. The monoisotopic (exact) mass is 313 g/mol. The van der Waals surface area contributed by atoms with Crippen molar-refractivity contribution in [2.75, 3.05) is 12.3 Å². The van der Waals surface area contributed by atoms with Crippen LogP contribution in [0.4, 0.5) is 11.4 Å². The number of nitrogens with one attached hydrogen (secondary N) is 1. The molecule has 0 radical (unpaired) electrons. The van der Waals surface area contributed by atoms with Crippen molar-refractivity contribution in [3.8, 4) is 0 Å². The number of aryl methyl sites for hydroxylation is 1. The highest BCUT2D eigenvalue weighted by Gasteiger charge is 2.33. The van der Waals surface area contributed by atoms with Crippen LogP contribution in [-0.2, 0) is 10.0 Å². The first kappa shape index (κ1) is 15.7. The maximum Gasteiger partial charge on any atom is 0.293 e. The van der Waals surface area contributed by atoms with Crippen molar-refractivity contribution in [2.45, 2.75) is 38.0 Å². The number of anilines is 1. The first-order valence-corrected chi connectivity index (χ1v) is 8.17. The zero-order chi connectivity index (χ0) is 15.8. The highest BCUT2D eigenvalue weighted by atomic mass is 32.2. The van der Waals surface area contributed by atoms with Gasteiger partial charge >= 0.3 is 0 Å². The molecule has 1 aromatic rings. The molecular formula is C13H19N3O4S. The number of nitrogen functional groups attached to an aromatic ring is 1. The van der Waals surface area contributed by atoms with Crippen molar-refractivity contribution in [3.63, 3.8) is 0 Å². The highest BCUT2D eigenvalue weighted by molar-refractivity contribution is 7.89. The lowest BCUT2D eigenvalue weighted by molar-refractivity contribution is -0.384. The lowest BCUT2D eigenvalue weighted by Gasteiger charge is -2.38. The van der Waals surface area contributed by atoms with E-state index in [9.17, 15) is 18.5 Å². The molecule has 0 unspecified atom stereocenters. The van der Waals surface area contributed by atoms with E-state index in [-0.39, 0.29) is 16.0 Å². The average Bonchev–Trinajstić information content (AvgIpc) is 2.33. The Labute approximate surface area is 123 Å². The Hall–Kier alpha value is -1.67. The predicted molar refractivity (Wildman–Crippen MR) is 79.4 cm³/mol. The third-order valence-corrected chi connectivity index (χ3v) is 5.60. The van der Waals surface area contributed by atoms with Gasteiger partial charge in [-0.15, -0.1) is 0 Å². The van der Waals surface area contributed by atoms with E-state index in [0.717, 1.165) is 25.3 Å². The second-order valence-corrected chi connectivity index (χ2v) is 7.66. The number of hydrogen-bond acceptors (Lipinski definition) is 5. The minimum Gasteiger partial charge on any atom is -0.393 e. The summed E-state index contributed by atoms with van der Waals surface area (Å²) in [6.07, 6.45) is 3.07. The van der Waals surface area contributed by atoms with E-state index < -0.39 is 20.6 Å². The Kier molecular flexibility index (Phi) is 3.94. The number of rotatable bonds is 5. The Morgan fingerprint density at radius 1 is 1.43 bits per heavy atom. The number of benzene rings is 1. The summed E-state index contributed by atoms with van der Waals surface area (Å²) in [6.45, 7) is 3.93. The molecule has 0 saturated heterocycles. The summed E-state index contributed by atoms with van der Waals surface area (Å²) >= 11 is 0. The fraction of sp³-hybridized carbons (Fsp3) is 0.538. The van der Waals surface area contributed by atoms with Crippen LogP contribution in [-0.4, -0.2) is 19.9 Å². The van der Waals surface area contributed by atoms with Gasteiger partial charge in [-0.1, -0.05) is 13.3 Å². The van der Waals surface area contributed by atoms with Crippen LogP contribution >= 0.6 is 0 Å². The molecule has 1 fully saturated rings. The lowest BCUT2D eigenvalue weighted by atomic mass is 9.71. The minimum atomic E-state index is -3.78. The Balaban J connectivity index is 2.30. The van der Waals surface area contributed by atoms with Crippen LogP contribution in [0, 0.1) is 22.5 Å². The van der Waals surface area contributed by atoms with Gasteiger partial charge < -0.3 is 5.73 Å². The lowest BCUT2D eigenvalue weighted by Crippen LogP contribution is -2.40. The molecule has 1 aliphatic rings. The summed E-state index contributed by atoms with van der Waals surface area (Å²) in [6, 6.07) is 2.34. The van der Waals surface area contributed by atoms with E-state index >= 15 is 0 Å². The van der Waals surface area contributed by atoms with E-state index in [0.29, 0.717) is 12.1 Å². The van der Waals surface area contributed by atoms with Crippen molar-refractivity contribution in [1.82, 2.24) is 4.72 Å². The van der Waals surface area contributed by atoms with Crippen molar-refractivity contribution < 1.29 is 13.3 Å². The van der Waals surface area contributed by atoms with Gasteiger partial charge in [-0.3, -0.25) is 10.1 Å². The smallest absolute Gasteiger partial charge is 0.293 e. The number of hydrogen-bond donors (Lipinski definition) is 2. The Bertz CT molecular complexity index is 681. The normalized spacial score (nSPS) is 17.2. The molecule has 0 spiro atoms. The van der Waals surface area contributed by atoms with Crippen LogP contribution in [0.1, 0.15) is 31.7 Å². The van der Waals surface area contributed by atoms with E-state index in [1.807, 2.05) is 6.92 Å². The quantitative estimate of drug-likeness (QED) is 0.490. The fourth-order valence-corrected chi connectivity index (χ4v) is 3.89. The predicted octanol–water partition coefficient (Wildman–Crippen LogP) is 1.95. The zero-order valence-electron chi connectivity index (χ0n) is 12.0. The zero-order valence-corrected chi connectivity index (χ0v) is 12.9. The first-order valence-electron chi connectivity index (χ1n) is 6.69. The van der Waals surface area contributed by atoms with E-state index in [2.05, 4.69) is 4.72 Å². The van der Waals surface area contributed by atoms with Gasteiger partial charge in [-0.05, 0) is 36.8 Å².